The number of aryl methyl sites for hydroxylation is 2. The van der Waals surface area contributed by atoms with Crippen LogP contribution in [0.2, 0.25) is 5.02 Å². The van der Waals surface area contributed by atoms with Crippen molar-refractivity contribution >= 4 is 40.9 Å². The van der Waals surface area contributed by atoms with E-state index in [0.717, 1.165) is 87.3 Å². The van der Waals surface area contributed by atoms with Crippen molar-refractivity contribution in [2.75, 3.05) is 49.1 Å². The van der Waals surface area contributed by atoms with Gasteiger partial charge in [0.25, 0.3) is 12.3 Å². The number of nitrogens with one attached hydrogen (secondary N) is 1. The summed E-state index contributed by atoms with van der Waals surface area (Å²) in [7, 11) is 1.79. The predicted octanol–water partition coefficient (Wildman–Crippen LogP) is 8.44. The first-order chi connectivity index (χ1) is 33.9. The lowest BCUT2D eigenvalue weighted by Crippen LogP contribution is -2.74. The zero-order chi connectivity index (χ0) is 49.7. The summed E-state index contributed by atoms with van der Waals surface area (Å²) in [5.41, 5.74) is 5.47. The van der Waals surface area contributed by atoms with E-state index in [0.29, 0.717) is 71.1 Å². The fourth-order valence-electron chi connectivity index (χ4n) is 13.2. The lowest BCUT2D eigenvalue weighted by molar-refractivity contribution is -0.164. The number of halogens is 3. The van der Waals surface area contributed by atoms with Crippen molar-refractivity contribution < 1.29 is 23.1 Å². The number of aromatic nitrogens is 6. The molecule has 2 saturated carbocycles. The minimum Gasteiger partial charge on any atom is -0.489 e. The van der Waals surface area contributed by atoms with Crippen LogP contribution in [0.3, 0.4) is 0 Å². The fourth-order valence-corrected chi connectivity index (χ4v) is 13.4. The average molecular weight is 988 g/mol. The Bertz CT molecular complexity index is 2930. The molecule has 15 nitrogen and oxygen atoms in total. The third-order valence-corrected chi connectivity index (χ3v) is 17.1. The molecule has 6 aliphatic rings. The van der Waals surface area contributed by atoms with Gasteiger partial charge in [-0.15, -0.1) is 0 Å². The summed E-state index contributed by atoms with van der Waals surface area (Å²) < 4.78 is 39.9. The van der Waals surface area contributed by atoms with Crippen LogP contribution in [0.15, 0.2) is 55.1 Å². The van der Waals surface area contributed by atoms with E-state index in [4.69, 9.17) is 21.4 Å². The van der Waals surface area contributed by atoms with Crippen molar-refractivity contribution in [1.82, 2.24) is 44.6 Å². The van der Waals surface area contributed by atoms with E-state index in [1.165, 1.54) is 5.69 Å². The number of alkyl halides is 2. The van der Waals surface area contributed by atoms with Crippen molar-refractivity contribution in [1.29, 1.82) is 5.26 Å². The van der Waals surface area contributed by atoms with Crippen LogP contribution in [0, 0.1) is 27.6 Å². The van der Waals surface area contributed by atoms with Crippen molar-refractivity contribution in [3.8, 4) is 22.9 Å². The maximum Gasteiger partial charge on any atom is 0.264 e. The van der Waals surface area contributed by atoms with E-state index >= 15 is 0 Å². The number of carbonyl (C=O) groups excluding carboxylic acids is 2. The van der Waals surface area contributed by atoms with Gasteiger partial charge in [0.05, 0.1) is 34.9 Å². The number of anilines is 3. The smallest absolute Gasteiger partial charge is 0.264 e. The summed E-state index contributed by atoms with van der Waals surface area (Å²) >= 11 is 6.27. The number of amides is 2. The zero-order valence-electron chi connectivity index (χ0n) is 41.3. The lowest BCUT2D eigenvalue weighted by atomic mass is 9.49. The van der Waals surface area contributed by atoms with E-state index in [9.17, 15) is 23.6 Å². The Morgan fingerprint density at radius 1 is 0.972 bits per heavy atom. The van der Waals surface area contributed by atoms with Crippen LogP contribution in [0.5, 0.6) is 5.75 Å². The first-order valence-electron chi connectivity index (χ1n) is 25.0. The van der Waals surface area contributed by atoms with Gasteiger partial charge in [-0.05, 0) is 79.3 Å². The quantitative estimate of drug-likeness (QED) is 0.144. The van der Waals surface area contributed by atoms with Crippen LogP contribution in [0.25, 0.3) is 11.1 Å². The summed E-state index contributed by atoms with van der Waals surface area (Å²) in [6.45, 7) is 15.5. The number of nitriles is 1. The van der Waals surface area contributed by atoms with Gasteiger partial charge in [-0.3, -0.25) is 23.9 Å². The highest BCUT2D eigenvalue weighted by molar-refractivity contribution is 6.31. The molecular weight excluding hydrogens is 926 g/mol. The Morgan fingerprint density at radius 3 is 2.35 bits per heavy atom. The fraction of sp³-hybridized carbons (Fsp3) is 0.528. The Hall–Kier alpha value is -6.12. The van der Waals surface area contributed by atoms with E-state index in [1.807, 2.05) is 11.0 Å². The first kappa shape index (κ1) is 47.2. The van der Waals surface area contributed by atoms with Gasteiger partial charge in [-0.2, -0.15) is 15.5 Å². The topological polar surface area (TPSA) is 154 Å². The van der Waals surface area contributed by atoms with Gasteiger partial charge < -0.3 is 24.8 Å². The number of hydrogen-bond acceptors (Lipinski definition) is 11. The Morgan fingerprint density at radius 2 is 1.70 bits per heavy atom. The molecule has 2 saturated heterocycles. The molecule has 4 fully saturated rings. The Labute approximate surface area is 418 Å². The molecule has 2 aromatic carbocycles. The third kappa shape index (κ3) is 8.18. The van der Waals surface area contributed by atoms with E-state index in [1.54, 1.807) is 67.7 Å². The molecule has 1 spiro atoms. The molecule has 18 heteroatoms. The lowest BCUT2D eigenvalue weighted by Gasteiger charge is -2.63. The van der Waals surface area contributed by atoms with Crippen LogP contribution < -0.4 is 19.9 Å². The molecule has 0 atom stereocenters. The maximum atomic E-state index is 14.8. The monoisotopic (exact) mass is 986 g/mol. The molecule has 2 aliphatic carbocycles. The van der Waals surface area contributed by atoms with Crippen molar-refractivity contribution in [3.05, 3.63) is 93.7 Å². The Balaban J connectivity index is 0.703. The molecule has 4 aliphatic heterocycles. The second-order valence-corrected chi connectivity index (χ2v) is 22.6. The van der Waals surface area contributed by atoms with Crippen molar-refractivity contribution in [2.45, 2.75) is 117 Å². The highest BCUT2D eigenvalue weighted by atomic mass is 35.5. The second-order valence-electron chi connectivity index (χ2n) is 22.2. The molecule has 2 amide bonds. The van der Waals surface area contributed by atoms with Gasteiger partial charge in [0.1, 0.15) is 17.9 Å². The number of nitrogens with zero attached hydrogens (tertiary/aromatic N) is 11. The predicted molar refractivity (Wildman–Crippen MR) is 265 cm³/mol. The molecule has 7 heterocycles. The summed E-state index contributed by atoms with van der Waals surface area (Å²) in [4.78, 5) is 44.3. The Kier molecular flexibility index (Phi) is 11.7. The largest absolute Gasteiger partial charge is 0.489 e. The second kappa shape index (κ2) is 17.6. The van der Waals surface area contributed by atoms with Gasteiger partial charge in [0.2, 0.25) is 11.9 Å². The molecule has 3 aromatic heterocycles. The maximum absolute atomic E-state index is 14.8. The minimum absolute atomic E-state index is 0.0117. The highest BCUT2D eigenvalue weighted by Gasteiger charge is 2.64. The van der Waals surface area contributed by atoms with Gasteiger partial charge in [0.15, 0.2) is 5.82 Å². The summed E-state index contributed by atoms with van der Waals surface area (Å²) in [5.74, 6) is 1.79. The number of likely N-dealkylation sites (tertiary alicyclic amines) is 1. The zero-order valence-corrected chi connectivity index (χ0v) is 42.0. The van der Waals surface area contributed by atoms with E-state index < -0.39 is 17.3 Å². The van der Waals surface area contributed by atoms with Crippen molar-refractivity contribution in [2.24, 2.45) is 23.3 Å². The minimum atomic E-state index is -2.66. The molecule has 372 valence electrons. The average Bonchev–Trinajstić information content (AvgIpc) is 3.94. The normalized spacial score (nSPS) is 22.5. The van der Waals surface area contributed by atoms with Crippen LogP contribution in [-0.4, -0.2) is 109 Å². The van der Waals surface area contributed by atoms with E-state index in [2.05, 4.69) is 73.5 Å². The van der Waals surface area contributed by atoms with Gasteiger partial charge in [-0.1, -0.05) is 39.3 Å². The van der Waals surface area contributed by atoms with Crippen LogP contribution in [0.4, 0.5) is 26.2 Å². The first-order valence-corrected chi connectivity index (χ1v) is 25.4. The summed E-state index contributed by atoms with van der Waals surface area (Å²) in [6, 6.07) is 11.2. The number of hydrogen-bond donors (Lipinski definition) is 1. The van der Waals surface area contributed by atoms with Gasteiger partial charge in [-0.25, -0.2) is 18.7 Å². The summed E-state index contributed by atoms with van der Waals surface area (Å²) in [5, 5.41) is 22.5. The highest BCUT2D eigenvalue weighted by Crippen LogP contribution is 2.56. The van der Waals surface area contributed by atoms with E-state index in [-0.39, 0.29) is 41.0 Å². The SMILES string of the molecule is CC(=O)N1CCc2c(c(N3CCCc4cc(-c5cnn(C)c5)c(C(F)F)cc43)nn2C2CCC3(CC2)CN(C2CN(c4ncc(C(=O)NC5C(C)(C)C(Oc6ccc(C#N)c(Cl)c6)C5(C)C)cn4)C2)C3)C1. The van der Waals surface area contributed by atoms with Crippen LogP contribution in [0.1, 0.15) is 117 Å². The molecule has 1 N–H and O–H groups in total. The van der Waals surface area contributed by atoms with Crippen LogP contribution >= 0.6 is 11.6 Å². The molecule has 5 aromatic rings. The number of benzene rings is 2. The number of fused-ring (bicyclic) bond motifs is 2. The third-order valence-electron chi connectivity index (χ3n) is 16.8. The molecule has 0 radical (unpaired) electrons. The van der Waals surface area contributed by atoms with Crippen LogP contribution in [-0.2, 0) is 31.2 Å². The van der Waals surface area contributed by atoms with Gasteiger partial charge >= 0.3 is 0 Å². The molecule has 0 bridgehead atoms. The summed E-state index contributed by atoms with van der Waals surface area (Å²) in [6.07, 6.45) is 10.4. The number of rotatable bonds is 10. The van der Waals surface area contributed by atoms with Gasteiger partial charge in [0, 0.05) is 135 Å². The molecule has 11 rings (SSSR count). The molecule has 0 unspecified atom stereocenters. The standard InChI is InChI=1S/C53H61ClF2N12O3/c1-31(69)64-17-13-43-41(28-64)46(67-16-7-8-32-18-39(35-24-60-63(6)25-35)40(45(55)56)20-44(32)67)62-68(43)36-11-14-53(15-12-36)29-66(30-53)37-26-65(27-37)50-58-22-34(23-59-50)47(70)61-48-51(2,3)49(52(48,4)5)71-38-10-9-33(21-57)42(54)19-38/h9-10,18-20,22-25,36-37,45,48-49H,7-8,11-17,26-30H2,1-6H3,(H,61,70). The molecular formula is C53H61ClF2N12O3. The van der Waals surface area contributed by atoms with Crippen molar-refractivity contribution in [3.63, 3.8) is 0 Å². The number of ether oxygens (including phenoxy) is 1. The number of carbonyl (C=O) groups is 2. The molecule has 71 heavy (non-hydrogen) atoms.